The first kappa shape index (κ1) is 18.4. The van der Waals surface area contributed by atoms with E-state index in [1.165, 1.54) is 0 Å². The fourth-order valence-corrected chi connectivity index (χ4v) is 2.11. The maximum absolute atomic E-state index is 11.7. The average Bonchev–Trinajstić information content (AvgIpc) is 2.52. The highest BCUT2D eigenvalue weighted by atomic mass is 32.1. The van der Waals surface area contributed by atoms with Gasteiger partial charge in [-0.2, -0.15) is 0 Å². The van der Waals surface area contributed by atoms with Crippen LogP contribution in [0, 0.1) is 0 Å². The van der Waals surface area contributed by atoms with Gasteiger partial charge in [0.05, 0.1) is 6.10 Å². The molecule has 1 rings (SSSR count). The van der Waals surface area contributed by atoms with E-state index >= 15 is 0 Å². The molecule has 0 unspecified atom stereocenters. The molecule has 0 heterocycles. The summed E-state index contributed by atoms with van der Waals surface area (Å²) >= 11 is 5.07. The van der Waals surface area contributed by atoms with E-state index in [1.54, 1.807) is 0 Å². The van der Waals surface area contributed by atoms with Crippen molar-refractivity contribution in [3.05, 3.63) is 30.3 Å². The summed E-state index contributed by atoms with van der Waals surface area (Å²) in [5.41, 5.74) is 6.02. The molecule has 0 fully saturated rings. The first-order chi connectivity index (χ1) is 10.6. The Morgan fingerprint density at radius 2 is 1.91 bits per heavy atom. The summed E-state index contributed by atoms with van der Waals surface area (Å²) < 4.78 is 0. The van der Waals surface area contributed by atoms with E-state index in [-0.39, 0.29) is 12.3 Å². The third kappa shape index (κ3) is 8.59. The number of carbonyl (C=O) groups is 1. The Balaban J connectivity index is 2.13. The summed E-state index contributed by atoms with van der Waals surface area (Å²) in [6.45, 7) is 2.12. The van der Waals surface area contributed by atoms with Crippen LogP contribution in [0.5, 0.6) is 0 Å². The van der Waals surface area contributed by atoms with E-state index in [4.69, 9.17) is 12.2 Å². The van der Waals surface area contributed by atoms with Crippen LogP contribution in [0.2, 0.25) is 0 Å². The molecule has 6 heteroatoms. The Bertz CT molecular complexity index is 454. The van der Waals surface area contributed by atoms with Crippen molar-refractivity contribution in [1.29, 1.82) is 0 Å². The Labute approximate surface area is 137 Å². The molecule has 0 aromatic heterocycles. The van der Waals surface area contributed by atoms with Crippen molar-refractivity contribution in [1.82, 2.24) is 10.9 Å². The number of nitrogens with one attached hydrogen (secondary N) is 3. The van der Waals surface area contributed by atoms with Gasteiger partial charge in [-0.1, -0.05) is 44.4 Å². The topological polar surface area (TPSA) is 73.4 Å². The average molecular weight is 323 g/mol. The molecule has 4 N–H and O–H groups in total. The lowest BCUT2D eigenvalue weighted by molar-refractivity contribution is -0.122. The number of aliphatic hydroxyl groups is 1. The predicted molar refractivity (Wildman–Crippen MR) is 93.3 cm³/mol. The van der Waals surface area contributed by atoms with Gasteiger partial charge in [-0.3, -0.25) is 15.6 Å². The molecule has 5 nitrogen and oxygen atoms in total. The Hall–Kier alpha value is -1.66. The van der Waals surface area contributed by atoms with E-state index in [1.807, 2.05) is 30.3 Å². The van der Waals surface area contributed by atoms with Gasteiger partial charge in [-0.05, 0) is 37.2 Å². The van der Waals surface area contributed by atoms with Crippen LogP contribution in [-0.2, 0) is 4.79 Å². The third-order valence-corrected chi connectivity index (χ3v) is 3.40. The van der Waals surface area contributed by atoms with Gasteiger partial charge in [0.25, 0.3) is 0 Å². The second-order valence-corrected chi connectivity index (χ2v) is 5.59. The van der Waals surface area contributed by atoms with Crippen LogP contribution in [0.4, 0.5) is 5.69 Å². The minimum atomic E-state index is -0.410. The number of hydrazine groups is 1. The van der Waals surface area contributed by atoms with Crippen molar-refractivity contribution in [2.75, 3.05) is 5.32 Å². The molecule has 0 bridgehead atoms. The second kappa shape index (κ2) is 11.0. The highest BCUT2D eigenvalue weighted by Crippen LogP contribution is 2.08. The van der Waals surface area contributed by atoms with Gasteiger partial charge in [-0.25, -0.2) is 0 Å². The van der Waals surface area contributed by atoms with Gasteiger partial charge in [0.1, 0.15) is 0 Å². The molecule has 0 saturated carbocycles. The lowest BCUT2D eigenvalue weighted by atomic mass is 10.1. The minimum absolute atomic E-state index is 0.188. The molecule has 0 aliphatic carbocycles. The zero-order valence-corrected chi connectivity index (χ0v) is 13.8. The smallest absolute Gasteiger partial charge is 0.238 e. The zero-order valence-electron chi connectivity index (χ0n) is 13.0. The lowest BCUT2D eigenvalue weighted by Gasteiger charge is -2.13. The predicted octanol–water partition coefficient (Wildman–Crippen LogP) is 2.73. The van der Waals surface area contributed by atoms with Gasteiger partial charge < -0.3 is 10.4 Å². The molecule has 1 atom stereocenters. The molecule has 22 heavy (non-hydrogen) atoms. The first-order valence-corrected chi connectivity index (χ1v) is 8.11. The van der Waals surface area contributed by atoms with Crippen molar-refractivity contribution in [2.24, 2.45) is 0 Å². The zero-order chi connectivity index (χ0) is 16.2. The van der Waals surface area contributed by atoms with Crippen LogP contribution >= 0.6 is 12.2 Å². The first-order valence-electron chi connectivity index (χ1n) is 7.70. The molecule has 1 aromatic rings. The summed E-state index contributed by atoms with van der Waals surface area (Å²) in [6.07, 6.45) is 4.33. The van der Waals surface area contributed by atoms with Crippen molar-refractivity contribution in [3.63, 3.8) is 0 Å². The number of thiocarbonyl (C=S) groups is 1. The normalized spacial score (nSPS) is 11.5. The molecule has 0 aliphatic heterocycles. The molecular weight excluding hydrogens is 298 g/mol. The van der Waals surface area contributed by atoms with Gasteiger partial charge >= 0.3 is 0 Å². The van der Waals surface area contributed by atoms with Crippen LogP contribution in [0.25, 0.3) is 0 Å². The van der Waals surface area contributed by atoms with E-state index in [0.717, 1.165) is 31.4 Å². The number of benzene rings is 1. The quantitative estimate of drug-likeness (QED) is 0.336. The molecule has 1 aromatic carbocycles. The lowest BCUT2D eigenvalue weighted by Crippen LogP contribution is -2.43. The highest BCUT2D eigenvalue weighted by molar-refractivity contribution is 7.80. The van der Waals surface area contributed by atoms with E-state index < -0.39 is 6.10 Å². The van der Waals surface area contributed by atoms with E-state index in [9.17, 15) is 9.90 Å². The maximum atomic E-state index is 11.7. The number of aliphatic hydroxyl groups excluding tert-OH is 1. The van der Waals surface area contributed by atoms with Crippen LogP contribution in [0.15, 0.2) is 30.3 Å². The fourth-order valence-electron chi connectivity index (χ4n) is 1.94. The van der Waals surface area contributed by atoms with Crippen LogP contribution in [0.3, 0.4) is 0 Å². The number of amides is 1. The van der Waals surface area contributed by atoms with Gasteiger partial charge in [-0.15, -0.1) is 0 Å². The Morgan fingerprint density at radius 3 is 2.59 bits per heavy atom. The Kier molecular flexibility index (Phi) is 9.18. The largest absolute Gasteiger partial charge is 0.393 e. The van der Waals surface area contributed by atoms with Crippen molar-refractivity contribution in [2.45, 2.75) is 51.6 Å². The molecule has 0 spiro atoms. The molecule has 0 aliphatic rings. The highest BCUT2D eigenvalue weighted by Gasteiger charge is 2.08. The summed E-state index contributed by atoms with van der Waals surface area (Å²) in [4.78, 5) is 11.7. The summed E-state index contributed by atoms with van der Waals surface area (Å²) in [6, 6.07) is 9.45. The van der Waals surface area contributed by atoms with E-state index in [0.29, 0.717) is 11.5 Å². The van der Waals surface area contributed by atoms with Crippen molar-refractivity contribution < 1.29 is 9.90 Å². The van der Waals surface area contributed by atoms with Crippen LogP contribution in [-0.4, -0.2) is 22.2 Å². The summed E-state index contributed by atoms with van der Waals surface area (Å²) in [5.74, 6) is -0.188. The Morgan fingerprint density at radius 1 is 1.18 bits per heavy atom. The van der Waals surface area contributed by atoms with Gasteiger partial charge in [0, 0.05) is 12.1 Å². The number of anilines is 1. The number of rotatable bonds is 8. The number of unbranched alkanes of at least 4 members (excludes halogenated alkanes) is 2. The summed E-state index contributed by atoms with van der Waals surface area (Å²) in [5, 5.41) is 13.0. The standard InChI is InChI=1S/C16H25N3O2S/c1-2-3-5-10-14(20)11-12-15(21)18-19-16(22)17-13-8-6-4-7-9-13/h4,6-9,14,20H,2-3,5,10-12H2,1H3,(H,18,21)(H2,17,19,22)/t14-/m1/s1. The molecule has 0 radical (unpaired) electrons. The van der Waals surface area contributed by atoms with Gasteiger partial charge in [0.15, 0.2) is 5.11 Å². The fraction of sp³-hybridized carbons (Fsp3) is 0.500. The number of para-hydroxylation sites is 1. The number of hydrogen-bond donors (Lipinski definition) is 4. The number of carbonyl (C=O) groups excluding carboxylic acids is 1. The minimum Gasteiger partial charge on any atom is -0.393 e. The molecular formula is C16H25N3O2S. The van der Waals surface area contributed by atoms with Crippen molar-refractivity contribution >= 4 is 28.9 Å². The van der Waals surface area contributed by atoms with Crippen molar-refractivity contribution in [3.8, 4) is 0 Å². The third-order valence-electron chi connectivity index (χ3n) is 3.19. The van der Waals surface area contributed by atoms with E-state index in [2.05, 4.69) is 23.1 Å². The molecule has 0 saturated heterocycles. The molecule has 1 amide bonds. The number of hydrogen-bond acceptors (Lipinski definition) is 3. The van der Waals surface area contributed by atoms with Crippen LogP contribution in [0.1, 0.15) is 45.4 Å². The van der Waals surface area contributed by atoms with Gasteiger partial charge in [0.2, 0.25) is 5.91 Å². The maximum Gasteiger partial charge on any atom is 0.238 e. The second-order valence-electron chi connectivity index (χ2n) is 5.18. The summed E-state index contributed by atoms with van der Waals surface area (Å²) in [7, 11) is 0. The van der Waals surface area contributed by atoms with Crippen LogP contribution < -0.4 is 16.2 Å². The molecule has 122 valence electrons. The SMILES string of the molecule is CCCCC[C@@H](O)CCC(=O)NNC(=S)Nc1ccccc1. The monoisotopic (exact) mass is 323 g/mol.